The molecule has 0 atom stereocenters. The maximum atomic E-state index is 11.8. The van der Waals surface area contributed by atoms with E-state index in [1.807, 2.05) is 50.2 Å². The van der Waals surface area contributed by atoms with Gasteiger partial charge in [-0.05, 0) is 64.7 Å². The lowest BCUT2D eigenvalue weighted by Crippen LogP contribution is -2.24. The lowest BCUT2D eigenvalue weighted by atomic mass is 10.1. The van der Waals surface area contributed by atoms with Gasteiger partial charge in [0, 0.05) is 4.47 Å². The fourth-order valence-corrected chi connectivity index (χ4v) is 3.04. The Labute approximate surface area is 152 Å². The largest absolute Gasteiger partial charge is 0.482 e. The molecule has 0 saturated heterocycles. The SMILES string of the molecule is Cc1cc(C)c(OCC(=O)NN=Cc2ccc(Br)cc2)c(Br)c1. The Kier molecular flexibility index (Phi) is 6.36. The molecular weight excluding hydrogens is 424 g/mol. The van der Waals surface area contributed by atoms with Crippen molar-refractivity contribution in [2.24, 2.45) is 5.10 Å². The van der Waals surface area contributed by atoms with E-state index in [-0.39, 0.29) is 12.5 Å². The smallest absolute Gasteiger partial charge is 0.277 e. The van der Waals surface area contributed by atoms with Gasteiger partial charge in [0.25, 0.3) is 5.91 Å². The van der Waals surface area contributed by atoms with Gasteiger partial charge in [0.05, 0.1) is 10.7 Å². The molecule has 0 aliphatic carbocycles. The number of hydrazone groups is 1. The number of amides is 1. The van der Waals surface area contributed by atoms with Gasteiger partial charge in [-0.3, -0.25) is 4.79 Å². The van der Waals surface area contributed by atoms with Crippen molar-refractivity contribution in [3.8, 4) is 5.75 Å². The van der Waals surface area contributed by atoms with Gasteiger partial charge in [-0.1, -0.05) is 34.1 Å². The average Bonchev–Trinajstić information content (AvgIpc) is 2.48. The lowest BCUT2D eigenvalue weighted by Gasteiger charge is -2.11. The van der Waals surface area contributed by atoms with Crippen LogP contribution in [-0.2, 0) is 4.79 Å². The van der Waals surface area contributed by atoms with Gasteiger partial charge in [-0.15, -0.1) is 0 Å². The zero-order valence-corrected chi connectivity index (χ0v) is 15.9. The van der Waals surface area contributed by atoms with Crippen LogP contribution in [0.15, 0.2) is 50.4 Å². The van der Waals surface area contributed by atoms with Crippen molar-refractivity contribution in [2.45, 2.75) is 13.8 Å². The number of rotatable bonds is 5. The van der Waals surface area contributed by atoms with Crippen molar-refractivity contribution in [3.63, 3.8) is 0 Å². The Morgan fingerprint density at radius 2 is 1.91 bits per heavy atom. The third kappa shape index (κ3) is 5.48. The molecule has 23 heavy (non-hydrogen) atoms. The highest BCUT2D eigenvalue weighted by molar-refractivity contribution is 9.10. The van der Waals surface area contributed by atoms with Crippen LogP contribution >= 0.6 is 31.9 Å². The molecule has 1 amide bonds. The van der Waals surface area contributed by atoms with E-state index in [9.17, 15) is 4.79 Å². The molecule has 0 spiro atoms. The molecule has 0 radical (unpaired) electrons. The van der Waals surface area contributed by atoms with Crippen molar-refractivity contribution in [1.29, 1.82) is 0 Å². The maximum Gasteiger partial charge on any atom is 0.277 e. The van der Waals surface area contributed by atoms with E-state index in [1.54, 1.807) is 6.21 Å². The van der Waals surface area contributed by atoms with Crippen LogP contribution in [0, 0.1) is 13.8 Å². The van der Waals surface area contributed by atoms with Gasteiger partial charge < -0.3 is 4.74 Å². The van der Waals surface area contributed by atoms with E-state index in [4.69, 9.17) is 4.74 Å². The van der Waals surface area contributed by atoms with Crippen LogP contribution in [0.3, 0.4) is 0 Å². The van der Waals surface area contributed by atoms with Gasteiger partial charge in [0.1, 0.15) is 5.75 Å². The van der Waals surface area contributed by atoms with Gasteiger partial charge in [0.2, 0.25) is 0 Å². The number of carbonyl (C=O) groups is 1. The molecule has 0 aliphatic rings. The van der Waals surface area contributed by atoms with E-state index in [0.29, 0.717) is 5.75 Å². The number of benzene rings is 2. The minimum Gasteiger partial charge on any atom is -0.482 e. The second-order valence-electron chi connectivity index (χ2n) is 5.03. The topological polar surface area (TPSA) is 50.7 Å². The fourth-order valence-electron chi connectivity index (χ4n) is 1.98. The Morgan fingerprint density at radius 1 is 1.22 bits per heavy atom. The van der Waals surface area contributed by atoms with Crippen molar-refractivity contribution in [3.05, 3.63) is 62.0 Å². The van der Waals surface area contributed by atoms with Gasteiger partial charge in [-0.25, -0.2) is 5.43 Å². The Morgan fingerprint density at radius 3 is 2.57 bits per heavy atom. The monoisotopic (exact) mass is 438 g/mol. The summed E-state index contributed by atoms with van der Waals surface area (Å²) in [4.78, 5) is 11.8. The Hall–Kier alpha value is -1.66. The summed E-state index contributed by atoms with van der Waals surface area (Å²) in [5, 5.41) is 3.91. The number of nitrogens with zero attached hydrogens (tertiary/aromatic N) is 1. The number of aryl methyl sites for hydroxylation is 2. The molecule has 0 heterocycles. The van der Waals surface area contributed by atoms with E-state index in [2.05, 4.69) is 42.4 Å². The first-order valence-corrected chi connectivity index (χ1v) is 8.51. The quantitative estimate of drug-likeness (QED) is 0.555. The number of hydrogen-bond donors (Lipinski definition) is 1. The average molecular weight is 440 g/mol. The minimum atomic E-state index is -0.315. The standard InChI is InChI=1S/C17H16Br2N2O2/c1-11-7-12(2)17(15(19)8-11)23-10-16(22)21-20-9-13-3-5-14(18)6-4-13/h3-9H,10H2,1-2H3,(H,21,22). The number of halogens is 2. The second-order valence-corrected chi connectivity index (χ2v) is 6.80. The highest BCUT2D eigenvalue weighted by atomic mass is 79.9. The Bertz CT molecular complexity index is 705. The third-order valence-electron chi connectivity index (χ3n) is 2.99. The molecule has 6 heteroatoms. The molecule has 0 fully saturated rings. The third-order valence-corrected chi connectivity index (χ3v) is 4.11. The summed E-state index contributed by atoms with van der Waals surface area (Å²) >= 11 is 6.81. The first-order chi connectivity index (χ1) is 11.0. The van der Waals surface area contributed by atoms with Crippen LogP contribution in [0.1, 0.15) is 16.7 Å². The molecule has 2 aromatic rings. The van der Waals surface area contributed by atoms with E-state index in [0.717, 1.165) is 25.6 Å². The minimum absolute atomic E-state index is 0.0970. The van der Waals surface area contributed by atoms with Crippen molar-refractivity contribution in [1.82, 2.24) is 5.43 Å². The summed E-state index contributed by atoms with van der Waals surface area (Å²) in [5.41, 5.74) is 5.44. The van der Waals surface area contributed by atoms with Crippen LogP contribution in [0.4, 0.5) is 0 Å². The summed E-state index contributed by atoms with van der Waals surface area (Å²) < 4.78 is 7.39. The van der Waals surface area contributed by atoms with Crippen LogP contribution in [0.25, 0.3) is 0 Å². The van der Waals surface area contributed by atoms with E-state index in [1.165, 1.54) is 0 Å². The number of ether oxygens (including phenoxy) is 1. The van der Waals surface area contributed by atoms with Gasteiger partial charge >= 0.3 is 0 Å². The zero-order valence-electron chi connectivity index (χ0n) is 12.8. The molecule has 0 aromatic heterocycles. The van der Waals surface area contributed by atoms with Crippen LogP contribution in [0.5, 0.6) is 5.75 Å². The summed E-state index contributed by atoms with van der Waals surface area (Å²) in [5.74, 6) is 0.355. The maximum absolute atomic E-state index is 11.8. The van der Waals surface area contributed by atoms with Crippen molar-refractivity contribution in [2.75, 3.05) is 6.61 Å². The molecule has 2 rings (SSSR count). The highest BCUT2D eigenvalue weighted by Gasteiger charge is 2.08. The molecule has 0 aliphatic heterocycles. The number of carbonyl (C=O) groups excluding carboxylic acids is 1. The van der Waals surface area contributed by atoms with E-state index < -0.39 is 0 Å². The number of hydrogen-bond acceptors (Lipinski definition) is 3. The summed E-state index contributed by atoms with van der Waals surface area (Å²) in [6.45, 7) is 3.85. The zero-order chi connectivity index (χ0) is 16.8. The molecule has 0 unspecified atom stereocenters. The molecule has 4 nitrogen and oxygen atoms in total. The van der Waals surface area contributed by atoms with Crippen molar-refractivity contribution < 1.29 is 9.53 Å². The molecule has 0 saturated carbocycles. The molecule has 0 bridgehead atoms. The second kappa shape index (κ2) is 8.26. The highest BCUT2D eigenvalue weighted by Crippen LogP contribution is 2.30. The summed E-state index contributed by atoms with van der Waals surface area (Å²) in [7, 11) is 0. The number of nitrogens with one attached hydrogen (secondary N) is 1. The van der Waals surface area contributed by atoms with Crippen LogP contribution in [0.2, 0.25) is 0 Å². The van der Waals surface area contributed by atoms with E-state index >= 15 is 0 Å². The van der Waals surface area contributed by atoms with Crippen LogP contribution < -0.4 is 10.2 Å². The van der Waals surface area contributed by atoms with Gasteiger partial charge in [-0.2, -0.15) is 5.10 Å². The molecule has 1 N–H and O–H groups in total. The lowest BCUT2D eigenvalue weighted by molar-refractivity contribution is -0.123. The normalized spacial score (nSPS) is 10.8. The predicted molar refractivity (Wildman–Crippen MR) is 99.0 cm³/mol. The Balaban J connectivity index is 1.87. The summed E-state index contributed by atoms with van der Waals surface area (Å²) in [6, 6.07) is 11.6. The molecule has 120 valence electrons. The van der Waals surface area contributed by atoms with Gasteiger partial charge in [0.15, 0.2) is 6.61 Å². The fraction of sp³-hybridized carbons (Fsp3) is 0.176. The summed E-state index contributed by atoms with van der Waals surface area (Å²) in [6.07, 6.45) is 1.58. The first-order valence-electron chi connectivity index (χ1n) is 6.92. The van der Waals surface area contributed by atoms with Crippen LogP contribution in [-0.4, -0.2) is 18.7 Å². The van der Waals surface area contributed by atoms with Crippen molar-refractivity contribution >= 4 is 44.0 Å². The predicted octanol–water partition coefficient (Wildman–Crippen LogP) is 4.36. The first kappa shape index (κ1) is 17.7. The molecule has 2 aromatic carbocycles. The molecular formula is C17H16Br2N2O2.